The van der Waals surface area contributed by atoms with Crippen LogP contribution >= 0.6 is 0 Å². The number of fused-ring (bicyclic) bond motifs is 3. The average Bonchev–Trinajstić information content (AvgIpc) is 3.31. The molecular formula is C23H25N5O7. The monoisotopic (exact) mass is 483 g/mol. The Hall–Kier alpha value is -3.61. The van der Waals surface area contributed by atoms with Gasteiger partial charge in [0.15, 0.2) is 16.8 Å². The Morgan fingerprint density at radius 2 is 2.09 bits per heavy atom. The largest absolute Gasteiger partial charge is 0.463 e. The molecule has 4 unspecified atom stereocenters. The Morgan fingerprint density at radius 1 is 1.29 bits per heavy atom. The number of ether oxygens (including phenoxy) is 4. The van der Waals surface area contributed by atoms with E-state index in [2.05, 4.69) is 20.3 Å². The highest BCUT2D eigenvalue weighted by Crippen LogP contribution is 2.47. The number of benzene rings is 1. The molecule has 4 heterocycles. The molecule has 2 bridgehead atoms. The first-order valence-electron chi connectivity index (χ1n) is 11.2. The van der Waals surface area contributed by atoms with Crippen molar-refractivity contribution in [3.63, 3.8) is 0 Å². The number of carbonyl (C=O) groups is 2. The number of anilines is 1. The molecule has 12 heteroatoms. The van der Waals surface area contributed by atoms with Crippen LogP contribution < -0.4 is 10.9 Å². The van der Waals surface area contributed by atoms with Gasteiger partial charge in [-0.2, -0.15) is 4.98 Å². The minimum absolute atomic E-state index is 0.00469. The molecule has 1 amide bonds. The summed E-state index contributed by atoms with van der Waals surface area (Å²) in [6, 6.07) is 9.70. The first kappa shape index (κ1) is 23.1. The van der Waals surface area contributed by atoms with Crippen molar-refractivity contribution >= 4 is 29.0 Å². The molecule has 2 N–H and O–H groups in total. The molecule has 5 rings (SSSR count). The van der Waals surface area contributed by atoms with Gasteiger partial charge in [0, 0.05) is 13.8 Å². The van der Waals surface area contributed by atoms with Crippen molar-refractivity contribution in [3.8, 4) is 0 Å². The van der Waals surface area contributed by atoms with Crippen LogP contribution in [0.1, 0.15) is 25.6 Å². The number of esters is 1. The van der Waals surface area contributed by atoms with Gasteiger partial charge in [-0.05, 0) is 5.56 Å². The Morgan fingerprint density at radius 3 is 2.83 bits per heavy atom. The number of H-pyrrole nitrogens is 1. The van der Waals surface area contributed by atoms with E-state index in [1.165, 1.54) is 20.2 Å². The van der Waals surface area contributed by atoms with Gasteiger partial charge in [-0.25, -0.2) is 4.98 Å². The third-order valence-corrected chi connectivity index (χ3v) is 6.09. The second-order valence-electron chi connectivity index (χ2n) is 8.67. The summed E-state index contributed by atoms with van der Waals surface area (Å²) in [6.45, 7) is 3.36. The topological polar surface area (TPSA) is 147 Å². The lowest BCUT2D eigenvalue weighted by Crippen LogP contribution is -2.54. The lowest BCUT2D eigenvalue weighted by Gasteiger charge is -2.37. The number of nitrogens with one attached hydrogen (secondary N) is 2. The van der Waals surface area contributed by atoms with E-state index in [9.17, 15) is 14.4 Å². The molecule has 2 aromatic heterocycles. The zero-order chi connectivity index (χ0) is 24.6. The average molecular weight is 483 g/mol. The first-order chi connectivity index (χ1) is 16.9. The quantitative estimate of drug-likeness (QED) is 0.472. The number of hydrogen-bond acceptors (Lipinski definition) is 9. The van der Waals surface area contributed by atoms with E-state index < -0.39 is 29.5 Å². The van der Waals surface area contributed by atoms with E-state index in [1.54, 1.807) is 4.57 Å². The van der Waals surface area contributed by atoms with E-state index in [0.717, 1.165) is 5.56 Å². The zero-order valence-corrected chi connectivity index (χ0v) is 19.2. The van der Waals surface area contributed by atoms with Gasteiger partial charge < -0.3 is 18.9 Å². The van der Waals surface area contributed by atoms with Crippen molar-refractivity contribution in [2.45, 2.75) is 38.4 Å². The second-order valence-corrected chi connectivity index (χ2v) is 8.67. The molecule has 12 nitrogen and oxygen atoms in total. The summed E-state index contributed by atoms with van der Waals surface area (Å²) >= 11 is 0. The van der Waals surface area contributed by atoms with Gasteiger partial charge in [0.05, 0.1) is 32.1 Å². The summed E-state index contributed by atoms with van der Waals surface area (Å²) in [6.07, 6.45) is 0.293. The molecular weight excluding hydrogens is 458 g/mol. The number of carbonyl (C=O) groups excluding carboxylic acids is 2. The van der Waals surface area contributed by atoms with Gasteiger partial charge in [-0.3, -0.25) is 29.3 Å². The fraction of sp³-hybridized carbons (Fsp3) is 0.435. The van der Waals surface area contributed by atoms with E-state index >= 15 is 0 Å². The summed E-state index contributed by atoms with van der Waals surface area (Å²) < 4.78 is 25.6. The van der Waals surface area contributed by atoms with Gasteiger partial charge in [0.1, 0.15) is 18.9 Å². The van der Waals surface area contributed by atoms with Gasteiger partial charge >= 0.3 is 5.97 Å². The Bertz CT molecular complexity index is 1310. The van der Waals surface area contributed by atoms with Crippen molar-refractivity contribution in [1.29, 1.82) is 0 Å². The van der Waals surface area contributed by atoms with Crippen LogP contribution in [0.2, 0.25) is 0 Å². The molecule has 0 spiro atoms. The predicted octanol–water partition coefficient (Wildman–Crippen LogP) is 1.14. The highest BCUT2D eigenvalue weighted by Gasteiger charge is 2.60. The third kappa shape index (κ3) is 4.43. The number of hydrogen-bond donors (Lipinski definition) is 2. The molecule has 4 atom stereocenters. The van der Waals surface area contributed by atoms with E-state index in [4.69, 9.17) is 18.9 Å². The lowest BCUT2D eigenvalue weighted by molar-refractivity contribution is -0.193. The van der Waals surface area contributed by atoms with Crippen molar-refractivity contribution in [2.75, 3.05) is 25.1 Å². The summed E-state index contributed by atoms with van der Waals surface area (Å²) in [5.74, 6) is -1.14. The molecule has 1 aromatic carbocycles. The zero-order valence-electron chi connectivity index (χ0n) is 19.2. The van der Waals surface area contributed by atoms with Gasteiger partial charge in [0.2, 0.25) is 11.9 Å². The minimum Gasteiger partial charge on any atom is -0.463 e. The standard InChI is InChI=1S/C23H25N5O7/c1-13(29)25-22-26-19-17(20(31)27-22)28(12-24-19)21-16-9-32-10-23(35-21,11-34-14(2)30)18(16)33-8-15-6-4-3-5-7-15/h3-7,12,16,18,21H,8-11H2,1-2H3,(H2,25,26,27,29,31). The second kappa shape index (κ2) is 9.21. The normalized spacial score (nSPS) is 25.5. The SMILES string of the molecule is CC(=O)Nc1nc2ncn(C3OC4(COC(C)=O)COCC3C4OCc3ccccc3)c2c(=O)[nH]1. The van der Waals surface area contributed by atoms with Crippen LogP contribution in [0.25, 0.3) is 11.2 Å². The van der Waals surface area contributed by atoms with Gasteiger partial charge in [-0.1, -0.05) is 30.3 Å². The Kier molecular flexibility index (Phi) is 6.09. The van der Waals surface area contributed by atoms with Crippen molar-refractivity contribution < 1.29 is 28.5 Å². The van der Waals surface area contributed by atoms with E-state index in [-0.39, 0.29) is 42.2 Å². The van der Waals surface area contributed by atoms with Crippen LogP contribution in [0.4, 0.5) is 5.95 Å². The molecule has 2 fully saturated rings. The molecule has 0 saturated carbocycles. The Labute approximate surface area is 199 Å². The van der Waals surface area contributed by atoms with Crippen LogP contribution in [0.5, 0.6) is 0 Å². The third-order valence-electron chi connectivity index (χ3n) is 6.09. The minimum atomic E-state index is -1.07. The number of aromatic amines is 1. The van der Waals surface area contributed by atoms with Crippen LogP contribution in [-0.2, 0) is 35.1 Å². The molecule has 0 aliphatic carbocycles. The number of nitrogens with zero attached hydrogens (tertiary/aromatic N) is 3. The van der Waals surface area contributed by atoms with Crippen molar-refractivity contribution in [1.82, 2.24) is 19.5 Å². The highest BCUT2D eigenvalue weighted by molar-refractivity contribution is 5.87. The number of imidazole rings is 1. The molecule has 35 heavy (non-hydrogen) atoms. The molecule has 3 aromatic rings. The predicted molar refractivity (Wildman–Crippen MR) is 121 cm³/mol. The van der Waals surface area contributed by atoms with Crippen LogP contribution in [0.3, 0.4) is 0 Å². The fourth-order valence-corrected chi connectivity index (χ4v) is 4.64. The molecule has 0 radical (unpaired) electrons. The van der Waals surface area contributed by atoms with E-state index in [1.807, 2.05) is 30.3 Å². The maximum absolute atomic E-state index is 12.9. The molecule has 184 valence electrons. The molecule has 2 aliphatic heterocycles. The highest BCUT2D eigenvalue weighted by atomic mass is 16.6. The number of amides is 1. The summed E-state index contributed by atoms with van der Waals surface area (Å²) in [5.41, 5.74) is -0.240. The van der Waals surface area contributed by atoms with Gasteiger partial charge in [-0.15, -0.1) is 0 Å². The summed E-state index contributed by atoms with van der Waals surface area (Å²) in [5, 5.41) is 2.45. The van der Waals surface area contributed by atoms with E-state index in [0.29, 0.717) is 13.2 Å². The number of rotatable bonds is 7. The van der Waals surface area contributed by atoms with Gasteiger partial charge in [0.25, 0.3) is 5.56 Å². The van der Waals surface area contributed by atoms with Crippen molar-refractivity contribution in [2.24, 2.45) is 5.92 Å². The number of aromatic nitrogens is 4. The maximum Gasteiger partial charge on any atom is 0.302 e. The van der Waals surface area contributed by atoms with Crippen molar-refractivity contribution in [3.05, 3.63) is 52.6 Å². The first-order valence-corrected chi connectivity index (χ1v) is 11.2. The molecule has 2 saturated heterocycles. The fourth-order valence-electron chi connectivity index (χ4n) is 4.64. The lowest BCUT2D eigenvalue weighted by atomic mass is 9.88. The maximum atomic E-state index is 12.9. The summed E-state index contributed by atoms with van der Waals surface area (Å²) in [7, 11) is 0. The van der Waals surface area contributed by atoms with Crippen LogP contribution in [-0.4, -0.2) is 62.9 Å². The van der Waals surface area contributed by atoms with Crippen LogP contribution in [0.15, 0.2) is 41.5 Å². The van der Waals surface area contributed by atoms with Crippen LogP contribution in [0, 0.1) is 5.92 Å². The smallest absolute Gasteiger partial charge is 0.302 e. The molecule has 2 aliphatic rings. The Balaban J connectivity index is 1.50. The summed E-state index contributed by atoms with van der Waals surface area (Å²) in [4.78, 5) is 46.9.